The van der Waals surface area contributed by atoms with Gasteiger partial charge in [-0.05, 0) is 31.5 Å². The first-order valence-electron chi connectivity index (χ1n) is 6.50. The molecule has 2 rings (SSSR count). The third-order valence-corrected chi connectivity index (χ3v) is 3.44. The number of ether oxygens (including phenoxy) is 2. The molecule has 0 atom stereocenters. The Hall–Kier alpha value is -2.25. The minimum Gasteiger partial charge on any atom is -0.496 e. The van der Waals surface area contributed by atoms with Crippen LogP contribution >= 0.6 is 11.6 Å². The van der Waals surface area contributed by atoms with E-state index in [1.54, 1.807) is 31.5 Å². The van der Waals surface area contributed by atoms with E-state index in [4.69, 9.17) is 26.3 Å². The third-order valence-electron chi connectivity index (χ3n) is 3.14. The average Bonchev–Trinajstić information content (AvgIpc) is 2.50. The maximum Gasteiger partial charge on any atom is 0.225 e. The lowest BCUT2D eigenvalue weighted by Gasteiger charge is -2.14. The largest absolute Gasteiger partial charge is 0.496 e. The van der Waals surface area contributed by atoms with Gasteiger partial charge in [-0.3, -0.25) is 0 Å². The molecule has 1 heterocycles. The summed E-state index contributed by atoms with van der Waals surface area (Å²) >= 11 is 6.11. The minimum absolute atomic E-state index is 0.369. The van der Waals surface area contributed by atoms with Gasteiger partial charge >= 0.3 is 0 Å². The molecule has 0 aliphatic heterocycles. The van der Waals surface area contributed by atoms with Crippen molar-refractivity contribution in [2.45, 2.75) is 20.3 Å². The Kier molecular flexibility index (Phi) is 4.66. The molecule has 2 aromatic rings. The van der Waals surface area contributed by atoms with Crippen LogP contribution in [0.1, 0.15) is 23.6 Å². The van der Waals surface area contributed by atoms with E-state index in [9.17, 15) is 0 Å². The van der Waals surface area contributed by atoms with Crippen molar-refractivity contribution in [3.8, 4) is 23.4 Å². The second kappa shape index (κ2) is 6.47. The molecular formula is C16H15ClN2O2. The van der Waals surface area contributed by atoms with Gasteiger partial charge in [-0.25, -0.2) is 4.98 Å². The van der Waals surface area contributed by atoms with E-state index >= 15 is 0 Å². The molecule has 1 aromatic heterocycles. The van der Waals surface area contributed by atoms with Crippen LogP contribution in [0.25, 0.3) is 0 Å². The molecule has 0 radical (unpaired) electrons. The van der Waals surface area contributed by atoms with Gasteiger partial charge in [0.25, 0.3) is 0 Å². The van der Waals surface area contributed by atoms with Gasteiger partial charge in [-0.2, -0.15) is 5.26 Å². The van der Waals surface area contributed by atoms with E-state index in [2.05, 4.69) is 4.98 Å². The molecule has 108 valence electrons. The molecule has 0 saturated carbocycles. The summed E-state index contributed by atoms with van der Waals surface area (Å²) in [6, 6.07) is 6.89. The molecule has 0 aliphatic rings. The van der Waals surface area contributed by atoms with Crippen LogP contribution in [0.15, 0.2) is 24.4 Å². The number of methoxy groups -OCH3 is 1. The van der Waals surface area contributed by atoms with Crippen LogP contribution < -0.4 is 9.47 Å². The zero-order chi connectivity index (χ0) is 15.4. The first kappa shape index (κ1) is 15.1. The Morgan fingerprint density at radius 3 is 2.71 bits per heavy atom. The smallest absolute Gasteiger partial charge is 0.225 e. The van der Waals surface area contributed by atoms with Crippen molar-refractivity contribution in [2.24, 2.45) is 0 Å². The maximum atomic E-state index is 8.83. The van der Waals surface area contributed by atoms with Crippen LogP contribution in [0.3, 0.4) is 0 Å². The first-order chi connectivity index (χ1) is 10.1. The molecule has 0 fully saturated rings. The highest BCUT2D eigenvalue weighted by atomic mass is 35.5. The van der Waals surface area contributed by atoms with Crippen molar-refractivity contribution in [3.63, 3.8) is 0 Å². The predicted octanol–water partition coefficient (Wildman–Crippen LogP) is 4.28. The number of hydrogen-bond donors (Lipinski definition) is 0. The fourth-order valence-corrected chi connectivity index (χ4v) is 2.25. The highest BCUT2D eigenvalue weighted by Crippen LogP contribution is 2.35. The molecule has 0 bridgehead atoms. The highest BCUT2D eigenvalue weighted by molar-refractivity contribution is 6.32. The minimum atomic E-state index is 0.369. The molecule has 0 amide bonds. The number of pyridine rings is 1. The van der Waals surface area contributed by atoms with Crippen molar-refractivity contribution in [1.82, 2.24) is 4.98 Å². The van der Waals surface area contributed by atoms with Crippen molar-refractivity contribution >= 4 is 11.6 Å². The molecule has 0 N–H and O–H groups in total. The second-order valence-corrected chi connectivity index (χ2v) is 4.87. The van der Waals surface area contributed by atoms with Crippen LogP contribution in [-0.4, -0.2) is 12.1 Å². The average molecular weight is 303 g/mol. The van der Waals surface area contributed by atoms with E-state index < -0.39 is 0 Å². The third kappa shape index (κ3) is 3.09. The Balaban J connectivity index is 2.39. The summed E-state index contributed by atoms with van der Waals surface area (Å²) in [5, 5.41) is 9.20. The van der Waals surface area contributed by atoms with Gasteiger partial charge in [0.15, 0.2) is 0 Å². The topological polar surface area (TPSA) is 55.1 Å². The van der Waals surface area contributed by atoms with Gasteiger partial charge in [-0.15, -0.1) is 0 Å². The summed E-state index contributed by atoms with van der Waals surface area (Å²) in [7, 11) is 1.62. The Morgan fingerprint density at radius 2 is 2.14 bits per heavy atom. The summed E-state index contributed by atoms with van der Waals surface area (Å²) in [5.74, 6) is 1.67. The van der Waals surface area contributed by atoms with Crippen LogP contribution in [0, 0.1) is 18.3 Å². The number of halogens is 1. The summed E-state index contributed by atoms with van der Waals surface area (Å²) in [6.07, 6.45) is 2.56. The number of benzene rings is 1. The van der Waals surface area contributed by atoms with Crippen LogP contribution in [0.5, 0.6) is 17.4 Å². The quantitative estimate of drug-likeness (QED) is 0.846. The number of aryl methyl sites for hydroxylation is 1. The maximum absolute atomic E-state index is 8.83. The molecule has 0 aliphatic carbocycles. The zero-order valence-electron chi connectivity index (χ0n) is 12.1. The summed E-state index contributed by atoms with van der Waals surface area (Å²) in [6.45, 7) is 3.93. The van der Waals surface area contributed by atoms with Gasteiger partial charge in [0.05, 0.1) is 29.3 Å². The standard InChI is InChI=1S/C16H15ClN2O2/c1-4-12-9-19-16(10(2)15(12)20-3)21-14-6-5-11(8-18)7-13(14)17/h5-7,9H,4H2,1-3H3. The molecule has 5 heteroatoms. The normalized spacial score (nSPS) is 10.0. The highest BCUT2D eigenvalue weighted by Gasteiger charge is 2.14. The molecule has 1 aromatic carbocycles. The second-order valence-electron chi connectivity index (χ2n) is 4.46. The summed E-state index contributed by atoms with van der Waals surface area (Å²) in [4.78, 5) is 4.31. The van der Waals surface area contributed by atoms with E-state index in [1.807, 2.05) is 19.9 Å². The van der Waals surface area contributed by atoms with Crippen molar-refractivity contribution in [3.05, 3.63) is 46.1 Å². The predicted molar refractivity (Wildman–Crippen MR) is 81.1 cm³/mol. The van der Waals surface area contributed by atoms with E-state index in [1.165, 1.54) is 0 Å². The van der Waals surface area contributed by atoms with E-state index in [0.717, 1.165) is 23.3 Å². The lowest BCUT2D eigenvalue weighted by Crippen LogP contribution is -1.99. The van der Waals surface area contributed by atoms with E-state index in [0.29, 0.717) is 22.2 Å². The number of hydrogen-bond acceptors (Lipinski definition) is 4. The Labute approximate surface area is 128 Å². The molecule has 21 heavy (non-hydrogen) atoms. The zero-order valence-corrected chi connectivity index (χ0v) is 12.9. The lowest BCUT2D eigenvalue weighted by atomic mass is 10.1. The van der Waals surface area contributed by atoms with Gasteiger partial charge in [-0.1, -0.05) is 18.5 Å². The summed E-state index contributed by atoms with van der Waals surface area (Å²) < 4.78 is 11.2. The fraction of sp³-hybridized carbons (Fsp3) is 0.250. The van der Waals surface area contributed by atoms with Crippen molar-refractivity contribution < 1.29 is 9.47 Å². The molecule has 0 spiro atoms. The van der Waals surface area contributed by atoms with Gasteiger partial charge < -0.3 is 9.47 Å². The molecule has 0 saturated heterocycles. The Morgan fingerprint density at radius 1 is 1.38 bits per heavy atom. The Bertz CT molecular complexity index is 708. The summed E-state index contributed by atoms with van der Waals surface area (Å²) in [5.41, 5.74) is 2.32. The molecular weight excluding hydrogens is 288 g/mol. The first-order valence-corrected chi connectivity index (χ1v) is 6.88. The molecule has 0 unspecified atom stereocenters. The monoisotopic (exact) mass is 302 g/mol. The fourth-order valence-electron chi connectivity index (χ4n) is 2.03. The number of nitrogens with zero attached hydrogens (tertiary/aromatic N) is 2. The number of rotatable bonds is 4. The van der Waals surface area contributed by atoms with Crippen molar-refractivity contribution in [2.75, 3.05) is 7.11 Å². The molecule has 4 nitrogen and oxygen atoms in total. The number of nitriles is 1. The van der Waals surface area contributed by atoms with Gasteiger partial charge in [0.1, 0.15) is 11.5 Å². The van der Waals surface area contributed by atoms with Gasteiger partial charge in [0.2, 0.25) is 5.88 Å². The van der Waals surface area contributed by atoms with Gasteiger partial charge in [0, 0.05) is 11.8 Å². The van der Waals surface area contributed by atoms with Crippen LogP contribution in [0.2, 0.25) is 5.02 Å². The van der Waals surface area contributed by atoms with Crippen LogP contribution in [-0.2, 0) is 6.42 Å². The lowest BCUT2D eigenvalue weighted by molar-refractivity contribution is 0.395. The number of aromatic nitrogens is 1. The SMILES string of the molecule is CCc1cnc(Oc2ccc(C#N)cc2Cl)c(C)c1OC. The van der Waals surface area contributed by atoms with E-state index in [-0.39, 0.29) is 0 Å². The van der Waals surface area contributed by atoms with Crippen LogP contribution in [0.4, 0.5) is 0 Å². The van der Waals surface area contributed by atoms with Crippen molar-refractivity contribution in [1.29, 1.82) is 5.26 Å².